The van der Waals surface area contributed by atoms with Gasteiger partial charge in [-0.1, -0.05) is 0 Å². The average Bonchev–Trinajstić information content (AvgIpc) is 3.00. The number of aromatic nitrogens is 2. The molecule has 74 valence electrons. The summed E-state index contributed by atoms with van der Waals surface area (Å²) >= 11 is 0. The van der Waals surface area contributed by atoms with Gasteiger partial charge in [0.1, 0.15) is 11.5 Å². The van der Waals surface area contributed by atoms with E-state index in [2.05, 4.69) is 9.97 Å². The molecule has 1 aromatic rings. The maximum Gasteiger partial charge on any atom is 0.158 e. The summed E-state index contributed by atoms with van der Waals surface area (Å²) in [6.07, 6.45) is 5.55. The molecule has 0 amide bonds. The summed E-state index contributed by atoms with van der Waals surface area (Å²) < 4.78 is 0. The summed E-state index contributed by atoms with van der Waals surface area (Å²) in [4.78, 5) is 10.3. The van der Waals surface area contributed by atoms with E-state index in [1.165, 1.54) is 12.8 Å². The Morgan fingerprint density at radius 2 is 2.14 bits per heavy atom. The molecular weight excluding hydrogens is 178 g/mol. The van der Waals surface area contributed by atoms with E-state index in [-0.39, 0.29) is 5.84 Å². The Labute approximate surface area is 82.5 Å². The van der Waals surface area contributed by atoms with E-state index in [9.17, 15) is 0 Å². The number of nitrogens with two attached hydrogens (primary N) is 1. The minimum absolute atomic E-state index is 0.0272. The van der Waals surface area contributed by atoms with Crippen LogP contribution in [0.2, 0.25) is 0 Å². The third kappa shape index (κ3) is 1.53. The first kappa shape index (κ1) is 8.93. The monoisotopic (exact) mass is 191 g/mol. The predicted molar refractivity (Wildman–Crippen MR) is 54.5 cm³/mol. The van der Waals surface area contributed by atoms with E-state index in [0.29, 0.717) is 17.6 Å². The molecule has 1 heterocycles. The molecule has 14 heavy (non-hydrogen) atoms. The predicted octanol–water partition coefficient (Wildman–Crippen LogP) is 0.359. The quantitative estimate of drug-likeness (QED) is 0.534. The number of hydrogen-bond donors (Lipinski definition) is 2. The SMILES string of the molecule is CN(c1nccnc1C(=N)N)C1CC1. The van der Waals surface area contributed by atoms with Crippen molar-refractivity contribution in [3.63, 3.8) is 0 Å². The summed E-state index contributed by atoms with van der Waals surface area (Å²) in [6, 6.07) is 0.546. The minimum atomic E-state index is -0.0272. The molecule has 5 nitrogen and oxygen atoms in total. The molecule has 0 spiro atoms. The standard InChI is InChI=1S/C9H13N5/c1-14(6-2-3-6)9-7(8(10)11)12-4-5-13-9/h4-6H,2-3H2,1H3,(H3,10,11). The molecule has 1 fully saturated rings. The molecule has 0 aliphatic heterocycles. The lowest BCUT2D eigenvalue weighted by molar-refractivity contribution is 0.880. The van der Waals surface area contributed by atoms with Gasteiger partial charge in [0.15, 0.2) is 5.82 Å². The molecule has 1 aromatic heterocycles. The molecule has 0 atom stereocenters. The number of nitrogen functional groups attached to an aromatic ring is 1. The molecule has 0 radical (unpaired) electrons. The molecule has 0 aromatic carbocycles. The highest BCUT2D eigenvalue weighted by atomic mass is 15.2. The fourth-order valence-electron chi connectivity index (χ4n) is 1.41. The first-order valence-corrected chi connectivity index (χ1v) is 4.58. The number of amidine groups is 1. The van der Waals surface area contributed by atoms with Gasteiger partial charge in [-0.15, -0.1) is 0 Å². The van der Waals surface area contributed by atoms with Gasteiger partial charge in [0.25, 0.3) is 0 Å². The van der Waals surface area contributed by atoms with Crippen LogP contribution in [0.5, 0.6) is 0 Å². The van der Waals surface area contributed by atoms with Crippen molar-refractivity contribution >= 4 is 11.7 Å². The summed E-state index contributed by atoms with van der Waals surface area (Å²) in [7, 11) is 1.97. The van der Waals surface area contributed by atoms with Crippen LogP contribution in [-0.4, -0.2) is 28.9 Å². The van der Waals surface area contributed by atoms with Crippen LogP contribution in [0.1, 0.15) is 18.5 Å². The summed E-state index contributed by atoms with van der Waals surface area (Å²) in [5, 5.41) is 7.38. The summed E-state index contributed by atoms with van der Waals surface area (Å²) in [5.41, 5.74) is 5.90. The van der Waals surface area contributed by atoms with Gasteiger partial charge in [0.2, 0.25) is 0 Å². The molecule has 2 rings (SSSR count). The third-order valence-corrected chi connectivity index (χ3v) is 2.36. The maximum atomic E-state index is 7.38. The molecule has 1 aliphatic carbocycles. The van der Waals surface area contributed by atoms with Crippen molar-refractivity contribution in [1.82, 2.24) is 9.97 Å². The van der Waals surface area contributed by atoms with Crippen molar-refractivity contribution in [3.05, 3.63) is 18.1 Å². The fourth-order valence-corrected chi connectivity index (χ4v) is 1.41. The first-order valence-electron chi connectivity index (χ1n) is 4.58. The zero-order valence-corrected chi connectivity index (χ0v) is 8.07. The van der Waals surface area contributed by atoms with Gasteiger partial charge < -0.3 is 10.6 Å². The molecular formula is C9H13N5. The fraction of sp³-hybridized carbons (Fsp3) is 0.444. The zero-order valence-electron chi connectivity index (χ0n) is 8.07. The van der Waals surface area contributed by atoms with Crippen LogP contribution < -0.4 is 10.6 Å². The lowest BCUT2D eigenvalue weighted by atomic mass is 10.3. The summed E-state index contributed by atoms with van der Waals surface area (Å²) in [5.74, 6) is 0.683. The second kappa shape index (κ2) is 3.25. The Morgan fingerprint density at radius 3 is 2.71 bits per heavy atom. The van der Waals surface area contributed by atoms with Crippen LogP contribution in [0.4, 0.5) is 5.82 Å². The van der Waals surface area contributed by atoms with Gasteiger partial charge in [0, 0.05) is 25.5 Å². The van der Waals surface area contributed by atoms with Gasteiger partial charge in [0.05, 0.1) is 0 Å². The van der Waals surface area contributed by atoms with Crippen molar-refractivity contribution in [2.75, 3.05) is 11.9 Å². The number of hydrogen-bond acceptors (Lipinski definition) is 4. The Morgan fingerprint density at radius 1 is 1.50 bits per heavy atom. The Hall–Kier alpha value is -1.65. The van der Waals surface area contributed by atoms with Crippen molar-refractivity contribution in [1.29, 1.82) is 5.41 Å². The number of nitrogens with one attached hydrogen (secondary N) is 1. The van der Waals surface area contributed by atoms with E-state index in [4.69, 9.17) is 11.1 Å². The number of rotatable bonds is 3. The highest BCUT2D eigenvalue weighted by molar-refractivity contribution is 5.97. The zero-order chi connectivity index (χ0) is 10.1. The van der Waals surface area contributed by atoms with Crippen LogP contribution >= 0.6 is 0 Å². The van der Waals surface area contributed by atoms with Crippen molar-refractivity contribution in [2.24, 2.45) is 5.73 Å². The van der Waals surface area contributed by atoms with Gasteiger partial charge in [-0.3, -0.25) is 5.41 Å². The topological polar surface area (TPSA) is 78.9 Å². The molecule has 3 N–H and O–H groups in total. The van der Waals surface area contributed by atoms with Crippen molar-refractivity contribution in [2.45, 2.75) is 18.9 Å². The lowest BCUT2D eigenvalue weighted by Gasteiger charge is -2.18. The molecule has 0 bridgehead atoms. The molecule has 1 saturated carbocycles. The van der Waals surface area contributed by atoms with E-state index < -0.39 is 0 Å². The number of anilines is 1. The smallest absolute Gasteiger partial charge is 0.158 e. The normalized spacial score (nSPS) is 15.2. The van der Waals surface area contributed by atoms with E-state index in [1.807, 2.05) is 11.9 Å². The highest BCUT2D eigenvalue weighted by Gasteiger charge is 2.29. The summed E-state index contributed by atoms with van der Waals surface area (Å²) in [6.45, 7) is 0. The second-order valence-corrected chi connectivity index (χ2v) is 3.48. The largest absolute Gasteiger partial charge is 0.382 e. The molecule has 0 unspecified atom stereocenters. The van der Waals surface area contributed by atoms with Gasteiger partial charge in [-0.2, -0.15) is 0 Å². The Balaban J connectivity index is 2.34. The van der Waals surface area contributed by atoms with E-state index in [0.717, 1.165) is 0 Å². The Bertz CT molecular complexity index is 358. The van der Waals surface area contributed by atoms with Crippen LogP contribution in [0.3, 0.4) is 0 Å². The highest BCUT2D eigenvalue weighted by Crippen LogP contribution is 2.29. The lowest BCUT2D eigenvalue weighted by Crippen LogP contribution is -2.26. The van der Waals surface area contributed by atoms with Gasteiger partial charge in [-0.05, 0) is 12.8 Å². The van der Waals surface area contributed by atoms with Crippen molar-refractivity contribution in [3.8, 4) is 0 Å². The second-order valence-electron chi connectivity index (χ2n) is 3.48. The van der Waals surface area contributed by atoms with Crippen LogP contribution in [0.15, 0.2) is 12.4 Å². The van der Waals surface area contributed by atoms with Crippen LogP contribution in [0.25, 0.3) is 0 Å². The van der Waals surface area contributed by atoms with Gasteiger partial charge >= 0.3 is 0 Å². The average molecular weight is 191 g/mol. The molecule has 5 heteroatoms. The molecule has 0 saturated heterocycles. The Kier molecular flexibility index (Phi) is 2.07. The van der Waals surface area contributed by atoms with E-state index in [1.54, 1.807) is 12.4 Å². The van der Waals surface area contributed by atoms with Gasteiger partial charge in [-0.25, -0.2) is 9.97 Å². The molecule has 1 aliphatic rings. The maximum absolute atomic E-state index is 7.38. The number of nitrogens with zero attached hydrogens (tertiary/aromatic N) is 3. The van der Waals surface area contributed by atoms with E-state index >= 15 is 0 Å². The minimum Gasteiger partial charge on any atom is -0.382 e. The van der Waals surface area contributed by atoms with Crippen molar-refractivity contribution < 1.29 is 0 Å². The third-order valence-electron chi connectivity index (χ3n) is 2.36. The van der Waals surface area contributed by atoms with Crippen LogP contribution in [-0.2, 0) is 0 Å². The first-order chi connectivity index (χ1) is 6.70. The van der Waals surface area contributed by atoms with Crippen LogP contribution in [0, 0.1) is 5.41 Å².